The Morgan fingerprint density at radius 2 is 1.85 bits per heavy atom. The Morgan fingerprint density at radius 3 is 2.42 bits per heavy atom. The minimum absolute atomic E-state index is 0.165. The number of benzene rings is 1. The van der Waals surface area contributed by atoms with Gasteiger partial charge in [-0.15, -0.1) is 0 Å². The summed E-state index contributed by atoms with van der Waals surface area (Å²) in [6.07, 6.45) is -1.74. The van der Waals surface area contributed by atoms with Gasteiger partial charge in [0, 0.05) is 19.6 Å². The molecule has 0 unspecified atom stereocenters. The zero-order chi connectivity index (χ0) is 19.3. The number of amides is 2. The molecule has 1 saturated heterocycles. The Hall–Kier alpha value is -2.28. The van der Waals surface area contributed by atoms with Gasteiger partial charge < -0.3 is 19.5 Å². The minimum atomic E-state index is -0.801. The predicted molar refractivity (Wildman–Crippen MR) is 96.6 cm³/mol. The summed E-state index contributed by atoms with van der Waals surface area (Å²) in [4.78, 5) is 27.7. The number of carbonyl (C=O) groups is 2. The molecule has 0 radical (unpaired) electrons. The standard InChI is InChI=1S/C19H28N2O5/c1-14(22)16-12-20(17(23)26-19(2,3)4)10-11-21(16)18(24)25-13-15-8-6-5-7-9-15/h5-9,14,16,22H,10-13H2,1-4H3/t14-,16+/m0/s1. The fourth-order valence-corrected chi connectivity index (χ4v) is 2.74. The van der Waals surface area contributed by atoms with E-state index < -0.39 is 29.9 Å². The van der Waals surface area contributed by atoms with E-state index in [9.17, 15) is 14.7 Å². The van der Waals surface area contributed by atoms with Crippen LogP contribution in [0.5, 0.6) is 0 Å². The third-order valence-corrected chi connectivity index (χ3v) is 4.07. The molecule has 7 nitrogen and oxygen atoms in total. The third-order valence-electron chi connectivity index (χ3n) is 4.07. The number of aliphatic hydroxyl groups excluding tert-OH is 1. The van der Waals surface area contributed by atoms with Crippen LogP contribution in [-0.2, 0) is 16.1 Å². The van der Waals surface area contributed by atoms with E-state index in [1.165, 1.54) is 9.80 Å². The summed E-state index contributed by atoms with van der Waals surface area (Å²) in [7, 11) is 0. The number of aliphatic hydroxyl groups is 1. The van der Waals surface area contributed by atoms with E-state index in [0.717, 1.165) is 5.56 Å². The molecular formula is C19H28N2O5. The number of rotatable bonds is 3. The van der Waals surface area contributed by atoms with Gasteiger partial charge in [-0.1, -0.05) is 30.3 Å². The van der Waals surface area contributed by atoms with E-state index in [-0.39, 0.29) is 19.7 Å². The molecule has 0 aliphatic carbocycles. The lowest BCUT2D eigenvalue weighted by molar-refractivity contribution is -0.0212. The van der Waals surface area contributed by atoms with E-state index in [0.29, 0.717) is 6.54 Å². The molecule has 0 aromatic heterocycles. The normalized spacial score (nSPS) is 19.0. The van der Waals surface area contributed by atoms with Crippen molar-refractivity contribution in [3.8, 4) is 0 Å². The Kier molecular flexibility index (Phi) is 6.47. The molecule has 7 heteroatoms. The van der Waals surface area contributed by atoms with Crippen LogP contribution in [0.1, 0.15) is 33.3 Å². The molecule has 1 aliphatic heterocycles. The highest BCUT2D eigenvalue weighted by Crippen LogP contribution is 2.18. The average molecular weight is 364 g/mol. The van der Waals surface area contributed by atoms with Gasteiger partial charge in [0.15, 0.2) is 0 Å². The van der Waals surface area contributed by atoms with E-state index in [1.54, 1.807) is 27.7 Å². The van der Waals surface area contributed by atoms with Crippen LogP contribution in [0.3, 0.4) is 0 Å². The number of nitrogens with zero attached hydrogens (tertiary/aromatic N) is 2. The van der Waals surface area contributed by atoms with Crippen molar-refractivity contribution in [2.24, 2.45) is 0 Å². The van der Waals surface area contributed by atoms with Crippen molar-refractivity contribution >= 4 is 12.2 Å². The van der Waals surface area contributed by atoms with Gasteiger partial charge in [0.2, 0.25) is 0 Å². The summed E-state index contributed by atoms with van der Waals surface area (Å²) in [5.74, 6) is 0. The number of hydrogen-bond acceptors (Lipinski definition) is 5. The van der Waals surface area contributed by atoms with Crippen molar-refractivity contribution in [2.45, 2.75) is 52.0 Å². The first-order valence-electron chi connectivity index (χ1n) is 8.80. The van der Waals surface area contributed by atoms with Crippen LogP contribution in [0.25, 0.3) is 0 Å². The van der Waals surface area contributed by atoms with Crippen LogP contribution >= 0.6 is 0 Å². The quantitative estimate of drug-likeness (QED) is 0.892. The minimum Gasteiger partial charge on any atom is -0.445 e. The summed E-state index contributed by atoms with van der Waals surface area (Å²) >= 11 is 0. The van der Waals surface area contributed by atoms with Gasteiger partial charge in [-0.2, -0.15) is 0 Å². The molecule has 2 atom stereocenters. The first-order valence-corrected chi connectivity index (χ1v) is 8.80. The van der Waals surface area contributed by atoms with E-state index in [4.69, 9.17) is 9.47 Å². The molecular weight excluding hydrogens is 336 g/mol. The van der Waals surface area contributed by atoms with E-state index in [1.807, 2.05) is 30.3 Å². The van der Waals surface area contributed by atoms with Crippen molar-refractivity contribution in [3.63, 3.8) is 0 Å². The van der Waals surface area contributed by atoms with Gasteiger partial charge in [0.1, 0.15) is 12.2 Å². The smallest absolute Gasteiger partial charge is 0.410 e. The Balaban J connectivity index is 1.97. The highest BCUT2D eigenvalue weighted by Gasteiger charge is 2.37. The van der Waals surface area contributed by atoms with Crippen LogP contribution in [0.15, 0.2) is 30.3 Å². The lowest BCUT2D eigenvalue weighted by Gasteiger charge is -2.42. The summed E-state index contributed by atoms with van der Waals surface area (Å²) in [6, 6.07) is 8.85. The monoisotopic (exact) mass is 364 g/mol. The SMILES string of the molecule is C[C@H](O)[C@H]1CN(C(=O)OC(C)(C)C)CCN1C(=O)OCc1ccccc1. The first kappa shape index (κ1) is 20.0. The first-order chi connectivity index (χ1) is 12.2. The average Bonchev–Trinajstić information content (AvgIpc) is 2.58. The van der Waals surface area contributed by atoms with Gasteiger partial charge in [0.25, 0.3) is 0 Å². The van der Waals surface area contributed by atoms with Gasteiger partial charge in [0.05, 0.1) is 12.1 Å². The summed E-state index contributed by atoms with van der Waals surface area (Å²) in [6.45, 7) is 7.98. The molecule has 0 spiro atoms. The largest absolute Gasteiger partial charge is 0.445 e. The topological polar surface area (TPSA) is 79.3 Å². The molecule has 2 rings (SSSR count). The molecule has 0 bridgehead atoms. The fourth-order valence-electron chi connectivity index (χ4n) is 2.74. The zero-order valence-electron chi connectivity index (χ0n) is 15.8. The summed E-state index contributed by atoms with van der Waals surface area (Å²) in [5, 5.41) is 10.1. The van der Waals surface area contributed by atoms with Gasteiger partial charge in [-0.05, 0) is 33.3 Å². The second kappa shape index (κ2) is 8.40. The van der Waals surface area contributed by atoms with Gasteiger partial charge in [-0.3, -0.25) is 4.90 Å². The molecule has 144 valence electrons. The molecule has 26 heavy (non-hydrogen) atoms. The van der Waals surface area contributed by atoms with Crippen molar-refractivity contribution in [1.82, 2.24) is 9.80 Å². The maximum Gasteiger partial charge on any atom is 0.410 e. The molecule has 1 aromatic rings. The predicted octanol–water partition coefficient (Wildman–Crippen LogP) is 2.63. The number of piperazine rings is 1. The van der Waals surface area contributed by atoms with Crippen LogP contribution in [0, 0.1) is 0 Å². The van der Waals surface area contributed by atoms with E-state index in [2.05, 4.69) is 0 Å². The van der Waals surface area contributed by atoms with E-state index >= 15 is 0 Å². The molecule has 2 amide bonds. The number of hydrogen-bond donors (Lipinski definition) is 1. The third kappa shape index (κ3) is 5.62. The molecule has 1 fully saturated rings. The lowest BCUT2D eigenvalue weighted by atomic mass is 10.1. The van der Waals surface area contributed by atoms with Crippen LogP contribution in [0.2, 0.25) is 0 Å². The maximum atomic E-state index is 12.4. The number of ether oxygens (including phenoxy) is 2. The Bertz CT molecular complexity index is 612. The Labute approximate surface area is 154 Å². The molecule has 0 saturated carbocycles. The van der Waals surface area contributed by atoms with Crippen LogP contribution in [0.4, 0.5) is 9.59 Å². The summed E-state index contributed by atoms with van der Waals surface area (Å²) in [5.41, 5.74) is 0.297. The fraction of sp³-hybridized carbons (Fsp3) is 0.579. The van der Waals surface area contributed by atoms with Crippen molar-refractivity contribution in [2.75, 3.05) is 19.6 Å². The van der Waals surface area contributed by atoms with Crippen molar-refractivity contribution in [3.05, 3.63) is 35.9 Å². The van der Waals surface area contributed by atoms with Crippen LogP contribution < -0.4 is 0 Å². The Morgan fingerprint density at radius 1 is 1.19 bits per heavy atom. The molecule has 1 heterocycles. The van der Waals surface area contributed by atoms with Gasteiger partial charge >= 0.3 is 12.2 Å². The zero-order valence-corrected chi connectivity index (χ0v) is 15.8. The van der Waals surface area contributed by atoms with Crippen molar-refractivity contribution in [1.29, 1.82) is 0 Å². The highest BCUT2D eigenvalue weighted by molar-refractivity contribution is 5.71. The lowest BCUT2D eigenvalue weighted by Crippen LogP contribution is -2.60. The van der Waals surface area contributed by atoms with Crippen LogP contribution in [-0.4, -0.2) is 64.5 Å². The second-order valence-corrected chi connectivity index (χ2v) is 7.47. The second-order valence-electron chi connectivity index (χ2n) is 7.47. The molecule has 1 N–H and O–H groups in total. The molecule has 1 aromatic carbocycles. The summed E-state index contributed by atoms with van der Waals surface area (Å²) < 4.78 is 10.7. The highest BCUT2D eigenvalue weighted by atomic mass is 16.6. The van der Waals surface area contributed by atoms with Gasteiger partial charge in [-0.25, -0.2) is 9.59 Å². The maximum absolute atomic E-state index is 12.4. The van der Waals surface area contributed by atoms with Crippen molar-refractivity contribution < 1.29 is 24.2 Å². The molecule has 1 aliphatic rings. The number of carbonyl (C=O) groups excluding carboxylic acids is 2.